The highest BCUT2D eigenvalue weighted by Crippen LogP contribution is 2.36. The van der Waals surface area contributed by atoms with E-state index in [1.54, 1.807) is 0 Å². The molecule has 0 aromatic carbocycles. The van der Waals surface area contributed by atoms with Gasteiger partial charge in [-0.1, -0.05) is 77.6 Å². The van der Waals surface area contributed by atoms with Crippen LogP contribution in [0, 0.1) is 0 Å². The predicted molar refractivity (Wildman–Crippen MR) is 134 cm³/mol. The van der Waals surface area contributed by atoms with Gasteiger partial charge in [0.1, 0.15) is 0 Å². The van der Waals surface area contributed by atoms with E-state index in [1.165, 1.54) is 70.6 Å². The molecule has 0 radical (unpaired) electrons. The third-order valence-electron chi connectivity index (χ3n) is 7.33. The molecule has 1 saturated heterocycles. The summed E-state index contributed by atoms with van der Waals surface area (Å²) in [4.78, 5) is 14.5. The first kappa shape index (κ1) is 28.4. The lowest BCUT2D eigenvalue weighted by molar-refractivity contribution is -0.143. The quantitative estimate of drug-likeness (QED) is 0.199. The Balaban J connectivity index is 1.95. The van der Waals surface area contributed by atoms with Crippen molar-refractivity contribution in [1.82, 2.24) is 10.2 Å². The lowest BCUT2D eigenvalue weighted by atomic mass is 9.77. The van der Waals surface area contributed by atoms with E-state index in [1.807, 2.05) is 0 Å². The summed E-state index contributed by atoms with van der Waals surface area (Å²) in [5, 5.41) is 3.61. The van der Waals surface area contributed by atoms with E-state index in [9.17, 15) is 4.79 Å². The van der Waals surface area contributed by atoms with Gasteiger partial charge in [0.25, 0.3) is 0 Å². The van der Waals surface area contributed by atoms with Crippen molar-refractivity contribution in [3.63, 3.8) is 0 Å². The van der Waals surface area contributed by atoms with Crippen LogP contribution in [-0.4, -0.2) is 48.2 Å². The van der Waals surface area contributed by atoms with Crippen LogP contribution >= 0.6 is 0 Å². The summed E-state index contributed by atoms with van der Waals surface area (Å²) in [6.07, 6.45) is 18.6. The van der Waals surface area contributed by atoms with Crippen LogP contribution in [0.1, 0.15) is 131 Å². The van der Waals surface area contributed by atoms with Crippen LogP contribution in [0.5, 0.6) is 0 Å². The van der Waals surface area contributed by atoms with Gasteiger partial charge in [-0.25, -0.2) is 0 Å². The fourth-order valence-corrected chi connectivity index (χ4v) is 5.10. The predicted octanol–water partition coefficient (Wildman–Crippen LogP) is 6.86. The Bertz CT molecular complexity index is 458. The molecule has 184 valence electrons. The van der Waals surface area contributed by atoms with Crippen LogP contribution in [0.4, 0.5) is 0 Å². The molecule has 1 fully saturated rings. The standard InChI is InChI=1S/C27H54N2O2/c1-7-8-9-10-11-12-13-14-15-16-17-18-21-31-25(30)19-20-28-24-22-26(2,3)29(6)27(4,5)23-24/h24,28H,7-23H2,1-6H3. The third-order valence-corrected chi connectivity index (χ3v) is 7.33. The fraction of sp³-hybridized carbons (Fsp3) is 0.963. The maximum Gasteiger partial charge on any atom is 0.307 e. The van der Waals surface area contributed by atoms with Crippen LogP contribution in [0.2, 0.25) is 0 Å². The molecule has 0 unspecified atom stereocenters. The molecule has 0 aromatic heterocycles. The molecule has 0 aromatic rings. The molecule has 0 atom stereocenters. The van der Waals surface area contributed by atoms with Gasteiger partial charge >= 0.3 is 5.97 Å². The average molecular weight is 439 g/mol. The summed E-state index contributed by atoms with van der Waals surface area (Å²) in [6.45, 7) is 12.8. The van der Waals surface area contributed by atoms with Gasteiger partial charge in [-0.3, -0.25) is 9.69 Å². The van der Waals surface area contributed by atoms with Gasteiger partial charge in [0, 0.05) is 23.7 Å². The number of esters is 1. The number of carbonyl (C=O) groups is 1. The van der Waals surface area contributed by atoms with Crippen molar-refractivity contribution >= 4 is 5.97 Å². The fourth-order valence-electron chi connectivity index (χ4n) is 5.10. The molecule has 31 heavy (non-hydrogen) atoms. The van der Waals surface area contributed by atoms with Crippen molar-refractivity contribution < 1.29 is 9.53 Å². The van der Waals surface area contributed by atoms with Gasteiger partial charge in [-0.15, -0.1) is 0 Å². The van der Waals surface area contributed by atoms with Crippen molar-refractivity contribution in [2.24, 2.45) is 0 Å². The van der Waals surface area contributed by atoms with Gasteiger partial charge in [0.15, 0.2) is 0 Å². The molecule has 0 bridgehead atoms. The number of piperidine rings is 1. The van der Waals surface area contributed by atoms with Crippen LogP contribution in [0.25, 0.3) is 0 Å². The number of likely N-dealkylation sites (tertiary alicyclic amines) is 1. The van der Waals surface area contributed by atoms with Crippen molar-refractivity contribution in [3.05, 3.63) is 0 Å². The minimum atomic E-state index is -0.0537. The molecular weight excluding hydrogens is 384 g/mol. The number of carbonyl (C=O) groups excluding carboxylic acids is 1. The number of hydrogen-bond donors (Lipinski definition) is 1. The van der Waals surface area contributed by atoms with Crippen molar-refractivity contribution in [2.45, 2.75) is 148 Å². The lowest BCUT2D eigenvalue weighted by Crippen LogP contribution is -2.62. The van der Waals surface area contributed by atoms with Gasteiger partial charge < -0.3 is 10.1 Å². The molecule has 1 rings (SSSR count). The van der Waals surface area contributed by atoms with Crippen molar-refractivity contribution in [1.29, 1.82) is 0 Å². The van der Waals surface area contributed by atoms with Crippen LogP contribution in [0.15, 0.2) is 0 Å². The summed E-state index contributed by atoms with van der Waals surface area (Å²) in [5.41, 5.74) is 0.350. The Morgan fingerprint density at radius 3 is 1.77 bits per heavy atom. The van der Waals surface area contributed by atoms with E-state index in [4.69, 9.17) is 4.74 Å². The molecular formula is C27H54N2O2. The molecule has 0 saturated carbocycles. The van der Waals surface area contributed by atoms with Crippen LogP contribution < -0.4 is 5.32 Å². The second-order valence-corrected chi connectivity index (χ2v) is 11.1. The topological polar surface area (TPSA) is 41.6 Å². The van der Waals surface area contributed by atoms with Gasteiger partial charge in [-0.05, 0) is 54.0 Å². The largest absolute Gasteiger partial charge is 0.466 e. The Labute approximate surface area is 194 Å². The van der Waals surface area contributed by atoms with E-state index in [2.05, 4.69) is 51.9 Å². The summed E-state index contributed by atoms with van der Waals surface area (Å²) in [7, 11) is 2.23. The zero-order valence-electron chi connectivity index (χ0n) is 21.9. The third kappa shape index (κ3) is 12.3. The first-order chi connectivity index (χ1) is 14.7. The van der Waals surface area contributed by atoms with Gasteiger partial charge in [0.2, 0.25) is 0 Å². The highest BCUT2D eigenvalue weighted by molar-refractivity contribution is 5.69. The first-order valence-electron chi connectivity index (χ1n) is 13.3. The molecule has 0 spiro atoms. The smallest absolute Gasteiger partial charge is 0.307 e. The zero-order valence-corrected chi connectivity index (χ0v) is 21.9. The number of hydrogen-bond acceptors (Lipinski definition) is 4. The van der Waals surface area contributed by atoms with E-state index in [0.29, 0.717) is 19.1 Å². The normalized spacial score (nSPS) is 18.9. The number of nitrogens with one attached hydrogen (secondary N) is 1. The minimum Gasteiger partial charge on any atom is -0.466 e. The first-order valence-corrected chi connectivity index (χ1v) is 13.3. The number of ether oxygens (including phenoxy) is 1. The van der Waals surface area contributed by atoms with Crippen LogP contribution in [-0.2, 0) is 9.53 Å². The number of unbranched alkanes of at least 4 members (excludes halogenated alkanes) is 11. The van der Waals surface area contributed by atoms with Crippen LogP contribution in [0.3, 0.4) is 0 Å². The Morgan fingerprint density at radius 2 is 1.29 bits per heavy atom. The SMILES string of the molecule is CCCCCCCCCCCCCCOC(=O)CCNC1CC(C)(C)N(C)C(C)(C)C1. The monoisotopic (exact) mass is 438 g/mol. The van der Waals surface area contributed by atoms with E-state index in [0.717, 1.165) is 25.8 Å². The second kappa shape index (κ2) is 15.3. The number of nitrogens with zero attached hydrogens (tertiary/aromatic N) is 1. The maximum atomic E-state index is 12.0. The van der Waals surface area contributed by atoms with E-state index in [-0.39, 0.29) is 17.0 Å². The molecule has 4 heteroatoms. The zero-order chi connectivity index (χ0) is 23.2. The van der Waals surface area contributed by atoms with Gasteiger partial charge in [-0.2, -0.15) is 0 Å². The molecule has 1 aliphatic heterocycles. The second-order valence-electron chi connectivity index (χ2n) is 11.1. The summed E-state index contributed by atoms with van der Waals surface area (Å²) in [6, 6.07) is 0.463. The molecule has 0 amide bonds. The van der Waals surface area contributed by atoms with E-state index >= 15 is 0 Å². The van der Waals surface area contributed by atoms with Crippen molar-refractivity contribution in [3.8, 4) is 0 Å². The Hall–Kier alpha value is -0.610. The molecule has 4 nitrogen and oxygen atoms in total. The van der Waals surface area contributed by atoms with E-state index < -0.39 is 0 Å². The Morgan fingerprint density at radius 1 is 0.839 bits per heavy atom. The lowest BCUT2D eigenvalue weighted by Gasteiger charge is -2.53. The highest BCUT2D eigenvalue weighted by Gasteiger charge is 2.42. The summed E-state index contributed by atoms with van der Waals surface area (Å²) >= 11 is 0. The van der Waals surface area contributed by atoms with Gasteiger partial charge in [0.05, 0.1) is 13.0 Å². The highest BCUT2D eigenvalue weighted by atomic mass is 16.5. The molecule has 1 N–H and O–H groups in total. The molecule has 0 aliphatic carbocycles. The minimum absolute atomic E-state index is 0.0537. The summed E-state index contributed by atoms with van der Waals surface area (Å²) in [5.74, 6) is -0.0537. The Kier molecular flexibility index (Phi) is 14.0. The summed E-state index contributed by atoms with van der Waals surface area (Å²) < 4.78 is 5.44. The average Bonchev–Trinajstić information content (AvgIpc) is 2.69. The maximum absolute atomic E-state index is 12.0. The van der Waals surface area contributed by atoms with Crippen molar-refractivity contribution in [2.75, 3.05) is 20.2 Å². The molecule has 1 aliphatic rings. The number of rotatable bonds is 17. The molecule has 1 heterocycles.